The smallest absolute Gasteiger partial charge is 0.251 e. The normalized spacial score (nSPS) is 11.8. The number of ether oxygens (including phenoxy) is 1. The highest BCUT2D eigenvalue weighted by atomic mass is 16.5. The van der Waals surface area contributed by atoms with Crippen LogP contribution in [0.25, 0.3) is 11.1 Å². The number of nitrogens with one attached hydrogen (secondary N) is 1. The fraction of sp³-hybridized carbons (Fsp3) is 0.263. The van der Waals surface area contributed by atoms with Gasteiger partial charge in [-0.1, -0.05) is 12.1 Å². The summed E-state index contributed by atoms with van der Waals surface area (Å²) >= 11 is 0. The Morgan fingerprint density at radius 3 is 2.88 bits per heavy atom. The summed E-state index contributed by atoms with van der Waals surface area (Å²) in [5.74, 6) is 1.24. The van der Waals surface area contributed by atoms with Crippen molar-refractivity contribution < 1.29 is 9.53 Å². The molecule has 0 fully saturated rings. The van der Waals surface area contributed by atoms with E-state index >= 15 is 0 Å². The number of hydrogen-bond acceptors (Lipinski definition) is 5. The molecule has 1 atom stereocenters. The predicted molar refractivity (Wildman–Crippen MR) is 97.8 cm³/mol. The number of hydrogen-bond donors (Lipinski definition) is 1. The third kappa shape index (κ3) is 3.72. The van der Waals surface area contributed by atoms with Gasteiger partial charge in [0.05, 0.1) is 19.3 Å². The summed E-state index contributed by atoms with van der Waals surface area (Å²) in [7, 11) is 1.60. The molecule has 2 heterocycles. The molecule has 0 saturated carbocycles. The van der Waals surface area contributed by atoms with Crippen LogP contribution in [0.4, 0.5) is 0 Å². The Kier molecular flexibility index (Phi) is 5.26. The van der Waals surface area contributed by atoms with Crippen molar-refractivity contribution in [1.29, 1.82) is 0 Å². The zero-order valence-electron chi connectivity index (χ0n) is 15.0. The number of methoxy groups -OCH3 is 1. The standard InChI is InChI=1S/C19H21N5O2/c1-4-24-18(21-12-22-24)13(2)23-19(25)15-7-5-6-14(8-15)16-9-17(26-3)11-20-10-16/h5-13H,4H2,1-3H3,(H,23,25). The molecule has 0 bridgehead atoms. The fourth-order valence-electron chi connectivity index (χ4n) is 2.72. The van der Waals surface area contributed by atoms with Gasteiger partial charge in [0.25, 0.3) is 5.91 Å². The Bertz CT molecular complexity index is 906. The van der Waals surface area contributed by atoms with Gasteiger partial charge >= 0.3 is 0 Å². The van der Waals surface area contributed by atoms with Gasteiger partial charge in [0.2, 0.25) is 0 Å². The van der Waals surface area contributed by atoms with Crippen molar-refractivity contribution in [1.82, 2.24) is 25.1 Å². The second-order valence-corrected chi connectivity index (χ2v) is 5.82. The Hall–Kier alpha value is -3.22. The van der Waals surface area contributed by atoms with Gasteiger partial charge in [-0.3, -0.25) is 9.78 Å². The van der Waals surface area contributed by atoms with Gasteiger partial charge in [0.1, 0.15) is 17.9 Å². The van der Waals surface area contributed by atoms with Gasteiger partial charge in [-0.05, 0) is 37.6 Å². The molecule has 0 spiro atoms. The summed E-state index contributed by atoms with van der Waals surface area (Å²) in [5, 5.41) is 7.11. The van der Waals surface area contributed by atoms with Crippen LogP contribution in [0, 0.1) is 0 Å². The average molecular weight is 351 g/mol. The number of benzene rings is 1. The van der Waals surface area contributed by atoms with Gasteiger partial charge in [0, 0.05) is 23.9 Å². The number of amides is 1. The lowest BCUT2D eigenvalue weighted by Crippen LogP contribution is -2.28. The second-order valence-electron chi connectivity index (χ2n) is 5.82. The van der Waals surface area contributed by atoms with Gasteiger partial charge in [-0.2, -0.15) is 5.10 Å². The van der Waals surface area contributed by atoms with Crippen molar-refractivity contribution >= 4 is 5.91 Å². The molecule has 1 N–H and O–H groups in total. The van der Waals surface area contributed by atoms with Crippen LogP contribution in [0.2, 0.25) is 0 Å². The van der Waals surface area contributed by atoms with Crippen LogP contribution in [-0.2, 0) is 6.54 Å². The molecule has 0 radical (unpaired) electrons. The molecule has 2 aromatic heterocycles. The number of carbonyl (C=O) groups is 1. The van der Waals surface area contributed by atoms with E-state index in [9.17, 15) is 4.79 Å². The largest absolute Gasteiger partial charge is 0.495 e. The molecule has 1 unspecified atom stereocenters. The van der Waals surface area contributed by atoms with Crippen molar-refractivity contribution in [3.8, 4) is 16.9 Å². The lowest BCUT2D eigenvalue weighted by Gasteiger charge is -2.14. The minimum absolute atomic E-state index is 0.166. The number of aryl methyl sites for hydroxylation is 1. The number of rotatable bonds is 6. The molecule has 7 nitrogen and oxygen atoms in total. The minimum atomic E-state index is -0.243. The lowest BCUT2D eigenvalue weighted by molar-refractivity contribution is 0.0937. The summed E-state index contributed by atoms with van der Waals surface area (Å²) in [5.41, 5.74) is 2.35. The highest BCUT2D eigenvalue weighted by molar-refractivity contribution is 5.95. The molecule has 1 aromatic carbocycles. The van der Waals surface area contributed by atoms with E-state index in [0.717, 1.165) is 17.0 Å². The molecule has 7 heteroatoms. The van der Waals surface area contributed by atoms with E-state index in [4.69, 9.17) is 4.74 Å². The second kappa shape index (κ2) is 7.77. The van der Waals surface area contributed by atoms with Gasteiger partial charge < -0.3 is 10.1 Å². The molecular weight excluding hydrogens is 330 g/mol. The monoisotopic (exact) mass is 351 g/mol. The SMILES string of the molecule is CCn1ncnc1C(C)NC(=O)c1cccc(-c2cncc(OC)c2)c1. The Morgan fingerprint density at radius 1 is 1.27 bits per heavy atom. The summed E-state index contributed by atoms with van der Waals surface area (Å²) in [6.07, 6.45) is 4.88. The van der Waals surface area contributed by atoms with Gasteiger partial charge in [-0.25, -0.2) is 9.67 Å². The highest BCUT2D eigenvalue weighted by Gasteiger charge is 2.16. The quantitative estimate of drug-likeness (QED) is 0.738. The summed E-state index contributed by atoms with van der Waals surface area (Å²) < 4.78 is 6.98. The lowest BCUT2D eigenvalue weighted by atomic mass is 10.0. The molecule has 1 amide bonds. The molecule has 3 aromatic rings. The number of aromatic nitrogens is 4. The van der Waals surface area contributed by atoms with E-state index in [-0.39, 0.29) is 11.9 Å². The van der Waals surface area contributed by atoms with E-state index in [1.54, 1.807) is 30.3 Å². The Balaban J connectivity index is 1.80. The first-order valence-corrected chi connectivity index (χ1v) is 8.40. The van der Waals surface area contributed by atoms with E-state index in [1.165, 1.54) is 6.33 Å². The van der Waals surface area contributed by atoms with Crippen LogP contribution in [0.1, 0.15) is 36.1 Å². The van der Waals surface area contributed by atoms with Crippen LogP contribution in [0.15, 0.2) is 49.1 Å². The summed E-state index contributed by atoms with van der Waals surface area (Å²) in [4.78, 5) is 21.0. The third-order valence-electron chi connectivity index (χ3n) is 4.09. The molecule has 134 valence electrons. The number of carbonyl (C=O) groups excluding carboxylic acids is 1. The molecule has 0 aliphatic rings. The van der Waals surface area contributed by atoms with Crippen LogP contribution in [0.5, 0.6) is 5.75 Å². The Labute approximate surface area is 152 Å². The number of pyridine rings is 1. The Morgan fingerprint density at radius 2 is 2.12 bits per heavy atom. The maximum Gasteiger partial charge on any atom is 0.251 e. The van der Waals surface area contributed by atoms with E-state index in [0.29, 0.717) is 17.9 Å². The molecule has 26 heavy (non-hydrogen) atoms. The van der Waals surface area contributed by atoms with Crippen LogP contribution in [-0.4, -0.2) is 32.8 Å². The maximum absolute atomic E-state index is 12.6. The van der Waals surface area contributed by atoms with Gasteiger partial charge in [0.15, 0.2) is 0 Å². The third-order valence-corrected chi connectivity index (χ3v) is 4.09. The van der Waals surface area contributed by atoms with Crippen molar-refractivity contribution in [3.05, 3.63) is 60.4 Å². The molecule has 0 aliphatic heterocycles. The van der Waals surface area contributed by atoms with E-state index in [2.05, 4.69) is 20.4 Å². The summed E-state index contributed by atoms with van der Waals surface area (Å²) in [6.45, 7) is 4.58. The summed E-state index contributed by atoms with van der Waals surface area (Å²) in [6, 6.07) is 9.04. The molecule has 3 rings (SSSR count). The zero-order chi connectivity index (χ0) is 18.5. The number of nitrogens with zero attached hydrogens (tertiary/aromatic N) is 4. The molecule has 0 aliphatic carbocycles. The first kappa shape index (κ1) is 17.6. The van der Waals surface area contributed by atoms with Crippen LogP contribution >= 0.6 is 0 Å². The topological polar surface area (TPSA) is 81.9 Å². The van der Waals surface area contributed by atoms with Crippen molar-refractivity contribution in [2.75, 3.05) is 7.11 Å². The first-order valence-electron chi connectivity index (χ1n) is 8.40. The average Bonchev–Trinajstić information content (AvgIpc) is 3.17. The van der Waals surface area contributed by atoms with Gasteiger partial charge in [-0.15, -0.1) is 0 Å². The maximum atomic E-state index is 12.6. The van der Waals surface area contributed by atoms with Crippen LogP contribution < -0.4 is 10.1 Å². The fourth-order valence-corrected chi connectivity index (χ4v) is 2.72. The predicted octanol–water partition coefficient (Wildman–Crippen LogP) is 2.86. The zero-order valence-corrected chi connectivity index (χ0v) is 15.0. The molecule has 0 saturated heterocycles. The minimum Gasteiger partial charge on any atom is -0.495 e. The first-order chi connectivity index (χ1) is 12.6. The van der Waals surface area contributed by atoms with Crippen molar-refractivity contribution in [3.63, 3.8) is 0 Å². The van der Waals surface area contributed by atoms with E-state index in [1.807, 2.05) is 38.1 Å². The molecular formula is C19H21N5O2. The van der Waals surface area contributed by atoms with E-state index < -0.39 is 0 Å². The highest BCUT2D eigenvalue weighted by Crippen LogP contribution is 2.23. The van der Waals surface area contributed by atoms with Crippen LogP contribution in [0.3, 0.4) is 0 Å². The van der Waals surface area contributed by atoms with Crippen molar-refractivity contribution in [2.45, 2.75) is 26.4 Å². The van der Waals surface area contributed by atoms with Crippen molar-refractivity contribution in [2.24, 2.45) is 0 Å².